The first-order valence-corrected chi connectivity index (χ1v) is 10.3. The van der Waals surface area contributed by atoms with Gasteiger partial charge in [-0.2, -0.15) is 0 Å². The van der Waals surface area contributed by atoms with Crippen molar-refractivity contribution in [1.82, 2.24) is 9.80 Å². The molecule has 1 spiro atoms. The fourth-order valence-electron chi connectivity index (χ4n) is 4.82. The number of carbonyl (C=O) groups is 2. The molecule has 0 N–H and O–H groups in total. The molecule has 0 radical (unpaired) electrons. The van der Waals surface area contributed by atoms with Gasteiger partial charge >= 0.3 is 0 Å². The van der Waals surface area contributed by atoms with E-state index in [1.807, 2.05) is 37.4 Å². The molecule has 0 saturated carbocycles. The predicted octanol–water partition coefficient (Wildman–Crippen LogP) is 3.95. The maximum absolute atomic E-state index is 14.0. The first-order chi connectivity index (χ1) is 13.9. The topological polar surface area (TPSA) is 40.6 Å². The van der Waals surface area contributed by atoms with Gasteiger partial charge in [-0.15, -0.1) is 0 Å². The number of benzene rings is 2. The quantitative estimate of drug-likeness (QED) is 0.791. The summed E-state index contributed by atoms with van der Waals surface area (Å²) in [6, 6.07) is 12.7. The van der Waals surface area contributed by atoms with Crippen molar-refractivity contribution in [2.24, 2.45) is 0 Å². The van der Waals surface area contributed by atoms with Gasteiger partial charge in [-0.1, -0.05) is 30.3 Å². The number of halogens is 1. The highest BCUT2D eigenvalue weighted by molar-refractivity contribution is 6.01. The van der Waals surface area contributed by atoms with Gasteiger partial charge < -0.3 is 9.80 Å². The van der Waals surface area contributed by atoms with Gasteiger partial charge in [0.05, 0.1) is 0 Å². The smallest absolute Gasteiger partial charge is 0.255 e. The van der Waals surface area contributed by atoms with Crippen LogP contribution in [0.25, 0.3) is 0 Å². The van der Waals surface area contributed by atoms with Crippen LogP contribution in [0.1, 0.15) is 52.7 Å². The van der Waals surface area contributed by atoms with Gasteiger partial charge in [0, 0.05) is 25.7 Å². The van der Waals surface area contributed by atoms with E-state index in [1.165, 1.54) is 6.07 Å². The number of hydrogen-bond donors (Lipinski definition) is 0. The molecule has 4 rings (SSSR count). The van der Waals surface area contributed by atoms with E-state index in [1.54, 1.807) is 22.8 Å². The van der Waals surface area contributed by atoms with E-state index in [2.05, 4.69) is 0 Å². The highest BCUT2D eigenvalue weighted by Gasteiger charge is 2.52. The molecule has 2 aromatic rings. The van der Waals surface area contributed by atoms with Gasteiger partial charge in [0.2, 0.25) is 5.91 Å². The summed E-state index contributed by atoms with van der Waals surface area (Å²) in [5.74, 6) is -0.261. The monoisotopic (exact) mass is 394 g/mol. The van der Waals surface area contributed by atoms with Crippen molar-refractivity contribution >= 4 is 11.8 Å². The normalized spacial score (nSPS) is 21.8. The van der Waals surface area contributed by atoms with E-state index in [0.29, 0.717) is 24.1 Å². The van der Waals surface area contributed by atoms with Crippen LogP contribution in [0.4, 0.5) is 4.39 Å². The maximum Gasteiger partial charge on any atom is 0.255 e. The van der Waals surface area contributed by atoms with Crippen molar-refractivity contribution < 1.29 is 14.0 Å². The molecule has 1 unspecified atom stereocenters. The Morgan fingerprint density at radius 1 is 1.10 bits per heavy atom. The molecule has 152 valence electrons. The molecule has 2 aliphatic rings. The van der Waals surface area contributed by atoms with Crippen LogP contribution in [0, 0.1) is 12.7 Å². The summed E-state index contributed by atoms with van der Waals surface area (Å²) >= 11 is 0. The number of carbonyl (C=O) groups excluding carboxylic acids is 2. The van der Waals surface area contributed by atoms with Crippen molar-refractivity contribution in [2.45, 2.75) is 44.6 Å². The van der Waals surface area contributed by atoms with Gasteiger partial charge in [-0.05, 0) is 67.9 Å². The van der Waals surface area contributed by atoms with Gasteiger partial charge in [-0.25, -0.2) is 4.39 Å². The molecule has 2 heterocycles. The van der Waals surface area contributed by atoms with E-state index < -0.39 is 5.54 Å². The summed E-state index contributed by atoms with van der Waals surface area (Å²) in [6.45, 7) is 3.09. The van der Waals surface area contributed by atoms with E-state index in [-0.39, 0.29) is 17.6 Å². The molecule has 29 heavy (non-hydrogen) atoms. The minimum Gasteiger partial charge on any atom is -0.344 e. The van der Waals surface area contributed by atoms with Crippen LogP contribution in [0.3, 0.4) is 0 Å². The second kappa shape index (κ2) is 7.62. The molecule has 2 fully saturated rings. The number of piperidine rings is 1. The largest absolute Gasteiger partial charge is 0.344 e. The molecular weight excluding hydrogens is 367 g/mol. The third-order valence-corrected chi connectivity index (χ3v) is 6.44. The summed E-state index contributed by atoms with van der Waals surface area (Å²) in [6.07, 6.45) is 3.70. The van der Waals surface area contributed by atoms with Crippen LogP contribution < -0.4 is 0 Å². The summed E-state index contributed by atoms with van der Waals surface area (Å²) in [5.41, 5.74) is 2.21. The summed E-state index contributed by atoms with van der Waals surface area (Å²) in [4.78, 5) is 30.2. The fourth-order valence-corrected chi connectivity index (χ4v) is 4.82. The van der Waals surface area contributed by atoms with Crippen molar-refractivity contribution in [3.8, 4) is 0 Å². The van der Waals surface area contributed by atoms with Crippen molar-refractivity contribution in [3.05, 3.63) is 70.5 Å². The van der Waals surface area contributed by atoms with Gasteiger partial charge in [0.1, 0.15) is 11.4 Å². The number of nitrogens with zero attached hydrogens (tertiary/aromatic N) is 2. The third-order valence-electron chi connectivity index (χ3n) is 6.44. The molecule has 2 aliphatic heterocycles. The molecule has 4 nitrogen and oxygen atoms in total. The first-order valence-electron chi connectivity index (χ1n) is 10.3. The highest BCUT2D eigenvalue weighted by atomic mass is 19.1. The zero-order chi connectivity index (χ0) is 20.6. The Morgan fingerprint density at radius 3 is 2.59 bits per heavy atom. The molecular formula is C24H27FN2O2. The van der Waals surface area contributed by atoms with Crippen molar-refractivity contribution in [3.63, 3.8) is 0 Å². The van der Waals surface area contributed by atoms with Crippen LogP contribution in [-0.4, -0.2) is 47.3 Å². The Morgan fingerprint density at radius 2 is 1.83 bits per heavy atom. The molecule has 2 aromatic carbocycles. The lowest BCUT2D eigenvalue weighted by molar-refractivity contribution is -0.144. The predicted molar refractivity (Wildman–Crippen MR) is 110 cm³/mol. The first kappa shape index (κ1) is 19.6. The molecule has 5 heteroatoms. The lowest BCUT2D eigenvalue weighted by Gasteiger charge is -2.43. The lowest BCUT2D eigenvalue weighted by Crippen LogP contribution is -2.60. The van der Waals surface area contributed by atoms with E-state index in [4.69, 9.17) is 0 Å². The fraction of sp³-hybridized carbons (Fsp3) is 0.417. The Labute approximate surface area is 171 Å². The lowest BCUT2D eigenvalue weighted by atomic mass is 9.85. The zero-order valence-corrected chi connectivity index (χ0v) is 17.1. The summed E-state index contributed by atoms with van der Waals surface area (Å²) in [7, 11) is 1.82. The minimum atomic E-state index is -0.701. The Balaban J connectivity index is 1.65. The van der Waals surface area contributed by atoms with E-state index >= 15 is 0 Å². The maximum atomic E-state index is 14.0. The number of aryl methyl sites for hydroxylation is 1. The van der Waals surface area contributed by atoms with Crippen LogP contribution in [0.5, 0.6) is 0 Å². The molecule has 2 saturated heterocycles. The summed E-state index contributed by atoms with van der Waals surface area (Å²) < 4.78 is 14.0. The third kappa shape index (κ3) is 3.43. The molecule has 0 aromatic heterocycles. The second-order valence-electron chi connectivity index (χ2n) is 8.34. The van der Waals surface area contributed by atoms with Crippen molar-refractivity contribution in [1.29, 1.82) is 0 Å². The number of likely N-dealkylation sites (tertiary alicyclic amines) is 2. The molecule has 0 aliphatic carbocycles. The summed E-state index contributed by atoms with van der Waals surface area (Å²) in [5, 5.41) is 0. The number of amides is 2. The molecule has 2 amide bonds. The Bertz CT molecular complexity index is 958. The number of rotatable bonds is 3. The Kier molecular flexibility index (Phi) is 5.15. The number of hydrogen-bond acceptors (Lipinski definition) is 2. The van der Waals surface area contributed by atoms with Crippen LogP contribution >= 0.6 is 0 Å². The van der Waals surface area contributed by atoms with Gasteiger partial charge in [0.15, 0.2) is 0 Å². The zero-order valence-electron chi connectivity index (χ0n) is 17.1. The minimum absolute atomic E-state index is 0.0627. The average molecular weight is 394 g/mol. The van der Waals surface area contributed by atoms with Crippen molar-refractivity contribution in [2.75, 3.05) is 20.1 Å². The molecule has 1 atom stereocenters. The SMILES string of the molecule is Cc1ccc(Cc2ccccc2C(=O)N2CCCC23CCCN(C)C3=O)cc1F. The van der Waals surface area contributed by atoms with Gasteiger partial charge in [0.25, 0.3) is 5.91 Å². The second-order valence-corrected chi connectivity index (χ2v) is 8.34. The Hall–Kier alpha value is -2.69. The van der Waals surface area contributed by atoms with Crippen LogP contribution in [0.2, 0.25) is 0 Å². The average Bonchev–Trinajstić information content (AvgIpc) is 3.13. The van der Waals surface area contributed by atoms with Crippen LogP contribution in [0.15, 0.2) is 42.5 Å². The highest BCUT2D eigenvalue weighted by Crippen LogP contribution is 2.39. The number of likely N-dealkylation sites (N-methyl/N-ethyl adjacent to an activating group) is 1. The van der Waals surface area contributed by atoms with E-state index in [9.17, 15) is 14.0 Å². The molecule has 0 bridgehead atoms. The van der Waals surface area contributed by atoms with Crippen LogP contribution in [-0.2, 0) is 11.2 Å². The van der Waals surface area contributed by atoms with E-state index in [0.717, 1.165) is 43.4 Å². The standard InChI is InChI=1S/C24H27FN2O2/c1-17-9-10-18(16-21(17)25)15-19-7-3-4-8-20(19)22(28)27-14-6-12-24(27)11-5-13-26(2)23(24)29/h3-4,7-10,16H,5-6,11-15H2,1-2H3. The van der Waals surface area contributed by atoms with Gasteiger partial charge in [-0.3, -0.25) is 9.59 Å².